The first-order chi connectivity index (χ1) is 9.44. The summed E-state index contributed by atoms with van der Waals surface area (Å²) in [5.41, 5.74) is 0.345. The van der Waals surface area contributed by atoms with Crippen LogP contribution >= 0.6 is 7.60 Å². The van der Waals surface area contributed by atoms with Gasteiger partial charge in [0.15, 0.2) is 0 Å². The number of aromatic nitrogens is 2. The Morgan fingerprint density at radius 1 is 1.40 bits per heavy atom. The molecule has 0 aliphatic rings. The second-order valence-electron chi connectivity index (χ2n) is 4.31. The van der Waals surface area contributed by atoms with Crippen LogP contribution in [0.1, 0.15) is 19.0 Å². The second kappa shape index (κ2) is 7.69. The molecule has 0 saturated heterocycles. The zero-order valence-electron chi connectivity index (χ0n) is 12.2. The fourth-order valence-corrected chi connectivity index (χ4v) is 2.30. The Kier molecular flexibility index (Phi) is 6.55. The van der Waals surface area contributed by atoms with E-state index in [1.165, 1.54) is 18.8 Å². The number of rotatable bonds is 8. The van der Waals surface area contributed by atoms with E-state index in [-0.39, 0.29) is 18.1 Å². The van der Waals surface area contributed by atoms with Crippen molar-refractivity contribution in [3.63, 3.8) is 0 Å². The summed E-state index contributed by atoms with van der Waals surface area (Å²) in [7, 11) is -0.581. The Morgan fingerprint density at radius 2 is 2.05 bits per heavy atom. The maximum Gasteiger partial charge on any atom is 0.355 e. The van der Waals surface area contributed by atoms with Gasteiger partial charge in [-0.05, 0) is 19.4 Å². The van der Waals surface area contributed by atoms with Gasteiger partial charge in [0.1, 0.15) is 6.35 Å². The predicted molar refractivity (Wildman–Crippen MR) is 74.9 cm³/mol. The number of aryl methyl sites for hydroxylation is 1. The van der Waals surface area contributed by atoms with Gasteiger partial charge < -0.3 is 13.8 Å². The van der Waals surface area contributed by atoms with E-state index in [4.69, 9.17) is 13.8 Å². The highest BCUT2D eigenvalue weighted by Crippen LogP contribution is 2.46. The molecule has 114 valence electrons. The van der Waals surface area contributed by atoms with Gasteiger partial charge in [-0.15, -0.1) is 0 Å². The second-order valence-corrected chi connectivity index (χ2v) is 6.52. The van der Waals surface area contributed by atoms with Crippen molar-refractivity contribution < 1.29 is 18.3 Å². The zero-order valence-corrected chi connectivity index (χ0v) is 13.1. The molecular formula is C12H21N2O5P. The van der Waals surface area contributed by atoms with Crippen molar-refractivity contribution in [3.8, 4) is 0 Å². The van der Waals surface area contributed by atoms with Gasteiger partial charge in [0.25, 0.3) is 0 Å². The van der Waals surface area contributed by atoms with Crippen molar-refractivity contribution in [2.75, 3.05) is 20.6 Å². The minimum atomic E-state index is -3.20. The van der Waals surface area contributed by atoms with Crippen LogP contribution in [0.2, 0.25) is 0 Å². The van der Waals surface area contributed by atoms with Crippen molar-refractivity contribution >= 4 is 7.60 Å². The van der Waals surface area contributed by atoms with E-state index in [2.05, 4.69) is 4.98 Å². The Labute approximate surface area is 118 Å². The molecule has 0 N–H and O–H groups in total. The minimum absolute atomic E-state index is 0.146. The molecule has 1 heterocycles. The smallest absolute Gasteiger partial charge is 0.355 e. The van der Waals surface area contributed by atoms with Gasteiger partial charge in [0.05, 0.1) is 12.6 Å². The van der Waals surface area contributed by atoms with Crippen LogP contribution in [-0.2, 0) is 24.9 Å². The molecule has 0 aliphatic carbocycles. The molecular weight excluding hydrogens is 283 g/mol. The normalized spacial score (nSPS) is 13.4. The first-order valence-electron chi connectivity index (χ1n) is 6.30. The quantitative estimate of drug-likeness (QED) is 0.681. The summed E-state index contributed by atoms with van der Waals surface area (Å²) in [4.78, 5) is 15.5. The van der Waals surface area contributed by atoms with Crippen LogP contribution in [0.4, 0.5) is 0 Å². The zero-order chi connectivity index (χ0) is 15.2. The molecule has 0 aromatic carbocycles. The van der Waals surface area contributed by atoms with Gasteiger partial charge in [-0.25, -0.2) is 4.79 Å². The number of hydrogen-bond donors (Lipinski definition) is 0. The highest BCUT2D eigenvalue weighted by atomic mass is 31.2. The van der Waals surface area contributed by atoms with Crippen molar-refractivity contribution in [2.45, 2.75) is 32.9 Å². The third kappa shape index (κ3) is 4.83. The molecule has 0 amide bonds. The van der Waals surface area contributed by atoms with Crippen molar-refractivity contribution in [3.05, 3.63) is 28.4 Å². The fraction of sp³-hybridized carbons (Fsp3) is 0.667. The van der Waals surface area contributed by atoms with Gasteiger partial charge >= 0.3 is 13.3 Å². The Balaban J connectivity index is 2.68. The lowest BCUT2D eigenvalue weighted by Crippen LogP contribution is -2.29. The van der Waals surface area contributed by atoms with E-state index in [9.17, 15) is 9.36 Å². The summed E-state index contributed by atoms with van der Waals surface area (Å²) in [5, 5.41) is 0. The molecule has 0 fully saturated rings. The third-order valence-corrected chi connectivity index (χ3v) is 4.47. The number of nitrogens with zero attached hydrogens (tertiary/aromatic N) is 2. The lowest BCUT2D eigenvalue weighted by Gasteiger charge is -2.20. The van der Waals surface area contributed by atoms with Gasteiger partial charge in [-0.2, -0.15) is 4.98 Å². The van der Waals surface area contributed by atoms with E-state index in [1.807, 2.05) is 6.92 Å². The maximum absolute atomic E-state index is 11.9. The molecule has 1 unspecified atom stereocenters. The summed E-state index contributed by atoms with van der Waals surface area (Å²) in [6.45, 7) is 4.02. The molecule has 0 radical (unpaired) electrons. The Hall–Kier alpha value is -1.01. The first kappa shape index (κ1) is 17.0. The molecule has 1 aromatic heterocycles. The highest BCUT2D eigenvalue weighted by molar-refractivity contribution is 7.53. The summed E-state index contributed by atoms with van der Waals surface area (Å²) in [6.07, 6.45) is 1.92. The minimum Gasteiger partial charge on any atom is -0.364 e. The number of hydrogen-bond acceptors (Lipinski definition) is 6. The van der Waals surface area contributed by atoms with Gasteiger partial charge in [-0.3, -0.25) is 9.13 Å². The largest absolute Gasteiger partial charge is 0.364 e. The SMILES string of the molecule is CCC(Cn1ccc(C)nc1=O)OCP(=O)(OC)OC. The van der Waals surface area contributed by atoms with Gasteiger partial charge in [-0.1, -0.05) is 6.92 Å². The van der Waals surface area contributed by atoms with Crippen LogP contribution in [-0.4, -0.2) is 36.2 Å². The van der Waals surface area contributed by atoms with Gasteiger partial charge in [0, 0.05) is 26.1 Å². The predicted octanol–water partition coefficient (Wildman–Crippen LogP) is 1.79. The van der Waals surface area contributed by atoms with Crippen LogP contribution in [0, 0.1) is 6.92 Å². The molecule has 0 spiro atoms. The molecule has 0 bridgehead atoms. The van der Waals surface area contributed by atoms with Crippen LogP contribution < -0.4 is 5.69 Å². The third-order valence-electron chi connectivity index (χ3n) is 2.89. The maximum atomic E-state index is 11.9. The lowest BCUT2D eigenvalue weighted by molar-refractivity contribution is 0.0548. The van der Waals surface area contributed by atoms with Crippen molar-refractivity contribution in [1.82, 2.24) is 9.55 Å². The van der Waals surface area contributed by atoms with Crippen molar-refractivity contribution in [1.29, 1.82) is 0 Å². The lowest BCUT2D eigenvalue weighted by atomic mass is 10.3. The Bertz CT molecular complexity index is 523. The van der Waals surface area contributed by atoms with Crippen molar-refractivity contribution in [2.24, 2.45) is 0 Å². The van der Waals surface area contributed by atoms with E-state index in [1.54, 1.807) is 19.2 Å². The summed E-state index contributed by atoms with van der Waals surface area (Å²) >= 11 is 0. The van der Waals surface area contributed by atoms with E-state index < -0.39 is 7.60 Å². The molecule has 0 aliphatic heterocycles. The van der Waals surface area contributed by atoms with Crippen LogP contribution in [0.3, 0.4) is 0 Å². The van der Waals surface area contributed by atoms with Crippen LogP contribution in [0.15, 0.2) is 17.1 Å². The molecule has 1 atom stereocenters. The first-order valence-corrected chi connectivity index (χ1v) is 8.03. The standard InChI is InChI=1S/C12H21N2O5P/c1-5-11(19-9-20(16,17-3)18-4)8-14-7-6-10(2)13-12(14)15/h6-7,11H,5,8-9H2,1-4H3. The average Bonchev–Trinajstić information content (AvgIpc) is 2.45. The highest BCUT2D eigenvalue weighted by Gasteiger charge is 2.23. The molecule has 8 heteroatoms. The molecule has 1 aromatic rings. The van der Waals surface area contributed by atoms with E-state index in [0.717, 1.165) is 0 Å². The van der Waals surface area contributed by atoms with Crippen LogP contribution in [0.25, 0.3) is 0 Å². The monoisotopic (exact) mass is 304 g/mol. The summed E-state index contributed by atoms with van der Waals surface area (Å²) in [6, 6.07) is 1.75. The number of ether oxygens (including phenoxy) is 1. The van der Waals surface area contributed by atoms with E-state index in [0.29, 0.717) is 18.7 Å². The Morgan fingerprint density at radius 3 is 2.55 bits per heavy atom. The topological polar surface area (TPSA) is 79.7 Å². The molecule has 7 nitrogen and oxygen atoms in total. The van der Waals surface area contributed by atoms with Gasteiger partial charge in [0.2, 0.25) is 0 Å². The summed E-state index contributed by atoms with van der Waals surface area (Å²) < 4.78 is 28.5. The van der Waals surface area contributed by atoms with Crippen LogP contribution in [0.5, 0.6) is 0 Å². The molecule has 1 rings (SSSR count). The average molecular weight is 304 g/mol. The molecule has 20 heavy (non-hydrogen) atoms. The summed E-state index contributed by atoms with van der Waals surface area (Å²) in [5.74, 6) is 0. The molecule has 0 saturated carbocycles. The fourth-order valence-electron chi connectivity index (χ4n) is 1.55. The van der Waals surface area contributed by atoms with E-state index >= 15 is 0 Å².